The van der Waals surface area contributed by atoms with Gasteiger partial charge in [0.25, 0.3) is 0 Å². The number of rotatable bonds is 6. The molecule has 1 aromatic rings. The first-order valence-corrected chi connectivity index (χ1v) is 11.6. The van der Waals surface area contributed by atoms with Gasteiger partial charge in [-0.2, -0.15) is 5.10 Å². The van der Waals surface area contributed by atoms with E-state index < -0.39 is 17.3 Å². The summed E-state index contributed by atoms with van der Waals surface area (Å²) in [5, 5.41) is 10.3. The highest BCUT2D eigenvalue weighted by molar-refractivity contribution is 6.19. The number of hydrogen-bond donors (Lipinski definition) is 3. The smallest absolute Gasteiger partial charge is 0.245 e. The van der Waals surface area contributed by atoms with Crippen molar-refractivity contribution in [2.75, 3.05) is 25.0 Å². The van der Waals surface area contributed by atoms with Gasteiger partial charge in [-0.05, 0) is 45.8 Å². The molecule has 3 amide bonds. The van der Waals surface area contributed by atoms with Gasteiger partial charge >= 0.3 is 0 Å². The molecule has 2 fully saturated rings. The number of fused-ring (bicyclic) bond motifs is 1. The van der Waals surface area contributed by atoms with Crippen LogP contribution in [0.2, 0.25) is 0 Å². The van der Waals surface area contributed by atoms with Crippen LogP contribution in [0.25, 0.3) is 0 Å². The predicted molar refractivity (Wildman–Crippen MR) is 123 cm³/mol. The summed E-state index contributed by atoms with van der Waals surface area (Å²) in [6.45, 7) is 7.96. The molecule has 1 aliphatic carbocycles. The van der Waals surface area contributed by atoms with Gasteiger partial charge in [0.1, 0.15) is 0 Å². The monoisotopic (exact) mass is 439 g/mol. The largest absolute Gasteiger partial charge is 0.354 e. The fourth-order valence-corrected chi connectivity index (χ4v) is 5.17. The van der Waals surface area contributed by atoms with Gasteiger partial charge in [-0.1, -0.05) is 38.0 Å². The van der Waals surface area contributed by atoms with E-state index in [4.69, 9.17) is 0 Å². The van der Waals surface area contributed by atoms with Gasteiger partial charge in [-0.25, -0.2) is 5.43 Å². The quantitative estimate of drug-likeness (QED) is 0.632. The van der Waals surface area contributed by atoms with Crippen molar-refractivity contribution in [2.24, 2.45) is 22.4 Å². The molecule has 1 saturated heterocycles. The van der Waals surface area contributed by atoms with E-state index in [1.54, 1.807) is 0 Å². The Morgan fingerprint density at radius 3 is 2.56 bits per heavy atom. The second kappa shape index (κ2) is 9.02. The Bertz CT molecular complexity index is 935. The van der Waals surface area contributed by atoms with Crippen molar-refractivity contribution in [1.82, 2.24) is 15.6 Å². The minimum atomic E-state index is -0.701. The molecule has 3 atom stereocenters. The highest BCUT2D eigenvalue weighted by Gasteiger charge is 2.72. The average molecular weight is 440 g/mol. The third kappa shape index (κ3) is 4.28. The molecule has 8 nitrogen and oxygen atoms in total. The highest BCUT2D eigenvalue weighted by atomic mass is 16.2. The normalized spacial score (nSPS) is 27.6. The minimum Gasteiger partial charge on any atom is -0.354 e. The van der Waals surface area contributed by atoms with Crippen molar-refractivity contribution in [1.29, 1.82) is 0 Å². The van der Waals surface area contributed by atoms with Crippen LogP contribution in [0.5, 0.6) is 0 Å². The zero-order valence-electron chi connectivity index (χ0n) is 19.1. The van der Waals surface area contributed by atoms with Gasteiger partial charge in [0.2, 0.25) is 17.7 Å². The Kier molecular flexibility index (Phi) is 6.33. The number of carbonyl (C=O) groups is 3. The number of amides is 3. The number of carbonyl (C=O) groups excluding carboxylic acids is 3. The summed E-state index contributed by atoms with van der Waals surface area (Å²) < 4.78 is 0. The lowest BCUT2D eigenvalue weighted by molar-refractivity contribution is -0.127. The van der Waals surface area contributed by atoms with Crippen molar-refractivity contribution in [2.45, 2.75) is 52.5 Å². The van der Waals surface area contributed by atoms with Crippen molar-refractivity contribution in [3.8, 4) is 0 Å². The van der Waals surface area contributed by atoms with Crippen LogP contribution in [-0.2, 0) is 14.4 Å². The molecule has 0 aromatic heterocycles. The third-order valence-electron chi connectivity index (χ3n) is 6.82. The van der Waals surface area contributed by atoms with Gasteiger partial charge in [0.15, 0.2) is 0 Å². The van der Waals surface area contributed by atoms with Crippen LogP contribution < -0.4 is 16.1 Å². The van der Waals surface area contributed by atoms with Crippen molar-refractivity contribution in [3.05, 3.63) is 29.8 Å². The standard InChI is InChI=1S/C24H33N5O3/c1-15(2)25-22(31)19-20-23(32)28-27-21(24(19,20)3)16-10-6-7-11-17(16)26-18(30)14-29-12-8-4-5-9-13-29/h6-7,10-11,15,19-20H,4-5,8-9,12-14H2,1-3H3,(H,25,31)(H,26,30)(H,28,32)/t19-,20+,24+/m0/s1. The molecule has 8 heteroatoms. The molecule has 1 saturated carbocycles. The fourth-order valence-electron chi connectivity index (χ4n) is 5.17. The molecule has 0 bridgehead atoms. The van der Waals surface area contributed by atoms with Gasteiger partial charge in [0, 0.05) is 22.7 Å². The Morgan fingerprint density at radius 2 is 1.88 bits per heavy atom. The summed E-state index contributed by atoms with van der Waals surface area (Å²) in [7, 11) is 0. The number of hydrazone groups is 1. The van der Waals surface area contributed by atoms with Gasteiger partial charge in [0.05, 0.1) is 24.1 Å². The molecule has 2 heterocycles. The van der Waals surface area contributed by atoms with E-state index in [0.29, 0.717) is 17.9 Å². The number of para-hydroxylation sites is 1. The van der Waals surface area contributed by atoms with Gasteiger partial charge in [-0.15, -0.1) is 0 Å². The Labute approximate surface area is 189 Å². The van der Waals surface area contributed by atoms with E-state index in [1.165, 1.54) is 12.8 Å². The molecule has 0 radical (unpaired) electrons. The zero-order chi connectivity index (χ0) is 22.9. The molecule has 3 N–H and O–H groups in total. The summed E-state index contributed by atoms with van der Waals surface area (Å²) in [6.07, 6.45) is 4.69. The minimum absolute atomic E-state index is 0.0113. The number of nitrogens with zero attached hydrogens (tertiary/aromatic N) is 2. The van der Waals surface area contributed by atoms with Crippen molar-refractivity contribution in [3.63, 3.8) is 0 Å². The molecule has 2 aliphatic heterocycles. The average Bonchev–Trinajstić information content (AvgIpc) is 3.44. The highest BCUT2D eigenvalue weighted by Crippen LogP contribution is 2.62. The lowest BCUT2D eigenvalue weighted by Gasteiger charge is -2.23. The van der Waals surface area contributed by atoms with Crippen LogP contribution in [0.15, 0.2) is 29.4 Å². The van der Waals surface area contributed by atoms with Crippen molar-refractivity contribution >= 4 is 29.1 Å². The van der Waals surface area contributed by atoms with E-state index in [0.717, 1.165) is 31.5 Å². The maximum atomic E-state index is 12.8. The lowest BCUT2D eigenvalue weighted by atomic mass is 9.89. The van der Waals surface area contributed by atoms with Crippen LogP contribution in [0, 0.1) is 17.3 Å². The van der Waals surface area contributed by atoms with E-state index in [9.17, 15) is 14.4 Å². The predicted octanol–water partition coefficient (Wildman–Crippen LogP) is 2.11. The van der Waals surface area contributed by atoms with E-state index in [2.05, 4.69) is 26.1 Å². The Hall–Kier alpha value is -2.74. The van der Waals surface area contributed by atoms with E-state index in [1.807, 2.05) is 45.0 Å². The maximum Gasteiger partial charge on any atom is 0.245 e. The van der Waals surface area contributed by atoms with Crippen LogP contribution >= 0.6 is 0 Å². The van der Waals surface area contributed by atoms with Gasteiger partial charge < -0.3 is 10.6 Å². The first-order valence-electron chi connectivity index (χ1n) is 11.6. The number of likely N-dealkylation sites (tertiary alicyclic amines) is 1. The number of anilines is 1. The summed E-state index contributed by atoms with van der Waals surface area (Å²) in [5.74, 6) is -1.38. The van der Waals surface area contributed by atoms with Crippen molar-refractivity contribution < 1.29 is 14.4 Å². The fraction of sp³-hybridized carbons (Fsp3) is 0.583. The first kappa shape index (κ1) is 22.5. The molecule has 1 aromatic carbocycles. The van der Waals surface area contributed by atoms with Crippen LogP contribution in [0.1, 0.15) is 52.0 Å². The summed E-state index contributed by atoms with van der Waals surface area (Å²) in [6, 6.07) is 7.46. The molecule has 32 heavy (non-hydrogen) atoms. The summed E-state index contributed by atoms with van der Waals surface area (Å²) in [5.41, 5.74) is 3.91. The van der Waals surface area contributed by atoms with E-state index >= 15 is 0 Å². The second-order valence-corrected chi connectivity index (χ2v) is 9.62. The molecule has 3 aliphatic rings. The molecular formula is C24H33N5O3. The Balaban J connectivity index is 1.54. The second-order valence-electron chi connectivity index (χ2n) is 9.62. The zero-order valence-corrected chi connectivity index (χ0v) is 19.1. The van der Waals surface area contributed by atoms with Gasteiger partial charge in [-0.3, -0.25) is 19.3 Å². The SMILES string of the molecule is CC(C)NC(=O)[C@@H]1[C@@H]2C(=O)NN=C(c3ccccc3NC(=O)CN3CCCCCC3)[C@]12C. The molecule has 0 spiro atoms. The van der Waals surface area contributed by atoms with Crippen LogP contribution in [0.3, 0.4) is 0 Å². The molecule has 172 valence electrons. The number of nitrogens with one attached hydrogen (secondary N) is 3. The summed E-state index contributed by atoms with van der Waals surface area (Å²) in [4.78, 5) is 40.3. The molecule has 4 rings (SSSR count). The lowest BCUT2D eigenvalue weighted by Crippen LogP contribution is -2.36. The van der Waals surface area contributed by atoms with Crippen LogP contribution in [0.4, 0.5) is 5.69 Å². The third-order valence-corrected chi connectivity index (χ3v) is 6.82. The Morgan fingerprint density at radius 1 is 1.19 bits per heavy atom. The molecule has 0 unspecified atom stereocenters. The first-order chi connectivity index (χ1) is 15.3. The number of benzene rings is 1. The van der Waals surface area contributed by atoms with Crippen LogP contribution in [-0.4, -0.2) is 54.0 Å². The maximum absolute atomic E-state index is 12.8. The summed E-state index contributed by atoms with van der Waals surface area (Å²) >= 11 is 0. The molecular weight excluding hydrogens is 406 g/mol. The van der Waals surface area contributed by atoms with E-state index in [-0.39, 0.29) is 23.8 Å². The topological polar surface area (TPSA) is 103 Å². The number of hydrogen-bond acceptors (Lipinski definition) is 5.